The Bertz CT molecular complexity index is 1180. The maximum atomic E-state index is 5.81. The molecule has 7 heteroatoms. The molecular weight excluding hydrogens is 404 g/mol. The van der Waals surface area contributed by atoms with Crippen LogP contribution in [0.25, 0.3) is 5.69 Å². The van der Waals surface area contributed by atoms with Gasteiger partial charge in [0.2, 0.25) is 0 Å². The Hall–Kier alpha value is -3.58. The zero-order valence-electron chi connectivity index (χ0n) is 17.1. The van der Waals surface area contributed by atoms with Crippen molar-refractivity contribution < 1.29 is 0 Å². The summed E-state index contributed by atoms with van der Waals surface area (Å²) in [6, 6.07) is 18.3. The van der Waals surface area contributed by atoms with Crippen molar-refractivity contribution in [3.05, 3.63) is 108 Å². The Balaban J connectivity index is 1.63. The number of thiocarbonyl (C=S) groups is 1. The minimum Gasteiger partial charge on any atom is -0.352 e. The molecule has 0 radical (unpaired) electrons. The summed E-state index contributed by atoms with van der Waals surface area (Å²) in [5, 5.41) is 4.24. The zero-order chi connectivity index (χ0) is 21.2. The van der Waals surface area contributed by atoms with Gasteiger partial charge in [0.15, 0.2) is 5.11 Å². The van der Waals surface area contributed by atoms with Crippen molar-refractivity contribution in [3.63, 3.8) is 0 Å². The Morgan fingerprint density at radius 1 is 0.935 bits per heavy atom. The number of aryl methyl sites for hydroxylation is 1. The van der Waals surface area contributed by atoms with Crippen LogP contribution >= 0.6 is 12.2 Å². The third-order valence-corrected chi connectivity index (χ3v) is 5.97. The SMILES string of the molecule is Cc1ccc([C@@H]2[C@H](c3ccccn3)NC(=S)N2Cc2ccncc2)n1-c1cccnc1. The summed E-state index contributed by atoms with van der Waals surface area (Å²) in [5.41, 5.74) is 5.43. The second kappa shape index (κ2) is 8.28. The van der Waals surface area contributed by atoms with Crippen LogP contribution in [0.4, 0.5) is 0 Å². The first-order valence-electron chi connectivity index (χ1n) is 10.2. The van der Waals surface area contributed by atoms with Crippen molar-refractivity contribution in [2.75, 3.05) is 0 Å². The molecule has 0 aliphatic carbocycles. The molecule has 0 unspecified atom stereocenters. The Kier molecular flexibility index (Phi) is 5.18. The van der Waals surface area contributed by atoms with E-state index in [2.05, 4.69) is 54.9 Å². The van der Waals surface area contributed by atoms with Crippen molar-refractivity contribution >= 4 is 17.3 Å². The van der Waals surface area contributed by atoms with Crippen LogP contribution in [0.5, 0.6) is 0 Å². The first-order chi connectivity index (χ1) is 15.2. The monoisotopic (exact) mass is 426 g/mol. The molecule has 1 N–H and O–H groups in total. The maximum Gasteiger partial charge on any atom is 0.170 e. The van der Waals surface area contributed by atoms with Gasteiger partial charge in [-0.25, -0.2) is 0 Å². The highest BCUT2D eigenvalue weighted by Gasteiger charge is 2.41. The van der Waals surface area contributed by atoms with Crippen LogP contribution in [0.1, 0.15) is 34.7 Å². The van der Waals surface area contributed by atoms with Crippen LogP contribution in [-0.2, 0) is 6.54 Å². The van der Waals surface area contributed by atoms with Crippen LogP contribution in [0.2, 0.25) is 0 Å². The van der Waals surface area contributed by atoms with Crippen LogP contribution in [-0.4, -0.2) is 29.5 Å². The highest BCUT2D eigenvalue weighted by atomic mass is 32.1. The lowest BCUT2D eigenvalue weighted by Crippen LogP contribution is -2.30. The van der Waals surface area contributed by atoms with Crippen LogP contribution in [0, 0.1) is 6.92 Å². The quantitative estimate of drug-likeness (QED) is 0.484. The highest BCUT2D eigenvalue weighted by molar-refractivity contribution is 7.80. The molecule has 1 aliphatic rings. The fourth-order valence-corrected chi connectivity index (χ4v) is 4.52. The van der Waals surface area contributed by atoms with Gasteiger partial charge in [-0.2, -0.15) is 0 Å². The van der Waals surface area contributed by atoms with E-state index >= 15 is 0 Å². The lowest BCUT2D eigenvalue weighted by molar-refractivity contribution is 0.302. The Morgan fingerprint density at radius 3 is 2.55 bits per heavy atom. The summed E-state index contributed by atoms with van der Waals surface area (Å²) in [6.07, 6.45) is 9.14. The summed E-state index contributed by atoms with van der Waals surface area (Å²) in [6.45, 7) is 2.79. The van der Waals surface area contributed by atoms with Gasteiger partial charge in [-0.05, 0) is 73.2 Å². The summed E-state index contributed by atoms with van der Waals surface area (Å²) < 4.78 is 2.25. The van der Waals surface area contributed by atoms with E-state index < -0.39 is 0 Å². The molecule has 1 saturated heterocycles. The first kappa shape index (κ1) is 19.4. The molecule has 6 nitrogen and oxygen atoms in total. The third kappa shape index (κ3) is 3.68. The van der Waals surface area contributed by atoms with Crippen molar-refractivity contribution in [1.29, 1.82) is 0 Å². The molecule has 0 saturated carbocycles. The molecule has 154 valence electrons. The molecule has 31 heavy (non-hydrogen) atoms. The molecule has 0 aromatic carbocycles. The number of pyridine rings is 3. The smallest absolute Gasteiger partial charge is 0.170 e. The average molecular weight is 427 g/mol. The number of aromatic nitrogens is 4. The van der Waals surface area contributed by atoms with E-state index in [1.54, 1.807) is 6.20 Å². The second-order valence-electron chi connectivity index (χ2n) is 7.56. The van der Waals surface area contributed by atoms with Crippen molar-refractivity contribution in [1.82, 2.24) is 29.7 Å². The largest absolute Gasteiger partial charge is 0.352 e. The predicted molar refractivity (Wildman–Crippen MR) is 124 cm³/mol. The fourth-order valence-electron chi connectivity index (χ4n) is 4.21. The van der Waals surface area contributed by atoms with Gasteiger partial charge in [-0.3, -0.25) is 15.0 Å². The molecule has 0 bridgehead atoms. The topological polar surface area (TPSA) is 58.9 Å². The van der Waals surface area contributed by atoms with Crippen LogP contribution in [0.15, 0.2) is 85.6 Å². The van der Waals surface area contributed by atoms with E-state index in [4.69, 9.17) is 12.2 Å². The third-order valence-electron chi connectivity index (χ3n) is 5.61. The minimum absolute atomic E-state index is 0.0375. The van der Waals surface area contributed by atoms with E-state index in [0.717, 1.165) is 28.3 Å². The van der Waals surface area contributed by atoms with E-state index in [1.807, 2.05) is 61.2 Å². The number of rotatable bonds is 5. The molecule has 1 aliphatic heterocycles. The summed E-state index contributed by atoms with van der Waals surface area (Å²) in [4.78, 5) is 15.4. The molecule has 0 spiro atoms. The summed E-state index contributed by atoms with van der Waals surface area (Å²) in [5.74, 6) is 0. The normalized spacial score (nSPS) is 18.2. The lowest BCUT2D eigenvalue weighted by atomic mass is 10.0. The van der Waals surface area contributed by atoms with Crippen molar-refractivity contribution in [3.8, 4) is 5.69 Å². The molecule has 2 atom stereocenters. The van der Waals surface area contributed by atoms with Gasteiger partial charge in [0.05, 0.1) is 29.7 Å². The van der Waals surface area contributed by atoms with Gasteiger partial charge in [0.1, 0.15) is 0 Å². The number of nitrogens with one attached hydrogen (secondary N) is 1. The second-order valence-corrected chi connectivity index (χ2v) is 7.94. The van der Waals surface area contributed by atoms with Gasteiger partial charge in [0.25, 0.3) is 0 Å². The maximum absolute atomic E-state index is 5.81. The Morgan fingerprint density at radius 2 is 1.81 bits per heavy atom. The van der Waals surface area contributed by atoms with Gasteiger partial charge in [-0.1, -0.05) is 6.07 Å². The van der Waals surface area contributed by atoms with Crippen molar-refractivity contribution in [2.45, 2.75) is 25.6 Å². The zero-order valence-corrected chi connectivity index (χ0v) is 17.9. The van der Waals surface area contributed by atoms with Gasteiger partial charge >= 0.3 is 0 Å². The van der Waals surface area contributed by atoms with Crippen LogP contribution in [0.3, 0.4) is 0 Å². The number of nitrogens with zero attached hydrogens (tertiary/aromatic N) is 5. The Labute approximate surface area is 186 Å². The first-order valence-corrected chi connectivity index (χ1v) is 10.6. The van der Waals surface area contributed by atoms with Crippen molar-refractivity contribution in [2.24, 2.45) is 0 Å². The summed E-state index contributed by atoms with van der Waals surface area (Å²) in [7, 11) is 0. The fraction of sp³-hybridized carbons (Fsp3) is 0.167. The van der Waals surface area contributed by atoms with Gasteiger partial charge < -0.3 is 14.8 Å². The lowest BCUT2D eigenvalue weighted by Gasteiger charge is -2.29. The molecule has 0 amide bonds. The molecule has 1 fully saturated rings. The summed E-state index contributed by atoms with van der Waals surface area (Å²) >= 11 is 5.81. The molecule has 5 heterocycles. The van der Waals surface area contributed by atoms with E-state index in [-0.39, 0.29) is 12.1 Å². The molecular formula is C24H22N6S. The minimum atomic E-state index is -0.0692. The number of hydrogen-bond acceptors (Lipinski definition) is 4. The predicted octanol–water partition coefficient (Wildman–Crippen LogP) is 4.14. The molecule has 5 rings (SSSR count). The molecule has 4 aromatic rings. The van der Waals surface area contributed by atoms with Gasteiger partial charge in [-0.15, -0.1) is 0 Å². The number of hydrogen-bond donors (Lipinski definition) is 1. The standard InChI is InChI=1S/C24H22N6S/c1-17-7-8-21(30(17)19-5-4-11-26-15-19)23-22(20-6-2-3-12-27-20)28-24(31)29(23)16-18-9-13-25-14-10-18/h2-15,22-23H,16H2,1H3,(H,28,31)/t22-,23+/m0/s1. The highest BCUT2D eigenvalue weighted by Crippen LogP contribution is 2.40. The van der Waals surface area contributed by atoms with Gasteiger partial charge in [0, 0.05) is 42.7 Å². The van der Waals surface area contributed by atoms with E-state index in [0.29, 0.717) is 11.7 Å². The van der Waals surface area contributed by atoms with Crippen LogP contribution < -0.4 is 5.32 Å². The van der Waals surface area contributed by atoms with E-state index in [9.17, 15) is 0 Å². The molecule has 4 aromatic heterocycles. The van der Waals surface area contributed by atoms with E-state index in [1.165, 1.54) is 0 Å². The average Bonchev–Trinajstić information content (AvgIpc) is 3.35.